The molecule has 0 aromatic rings. The molecule has 4 heteroatoms. The number of nitrogens with zero attached hydrogens (tertiary/aromatic N) is 3. The summed E-state index contributed by atoms with van der Waals surface area (Å²) < 4.78 is 1.82. The average molecular weight is 168 g/mol. The van der Waals surface area contributed by atoms with Crippen molar-refractivity contribution in [3.8, 4) is 0 Å². The minimum atomic E-state index is -0.217. The number of hydrogen-bond acceptors (Lipinski definition) is 3. The topological polar surface area (TPSA) is 48.0 Å². The molecule has 2 unspecified atom stereocenters. The van der Waals surface area contributed by atoms with Crippen molar-refractivity contribution in [3.05, 3.63) is 0 Å². The Labute approximate surface area is 71.6 Å². The van der Waals surface area contributed by atoms with Gasteiger partial charge in [-0.25, -0.2) is 0 Å². The van der Waals surface area contributed by atoms with Crippen LogP contribution in [-0.4, -0.2) is 34.2 Å². The van der Waals surface area contributed by atoms with Crippen LogP contribution >= 0.6 is 0 Å². The first-order chi connectivity index (χ1) is 5.77. The van der Waals surface area contributed by atoms with Gasteiger partial charge in [-0.05, 0) is 26.2 Å². The fraction of sp³-hybridized carbons (Fsp3) is 0.875. The van der Waals surface area contributed by atoms with Crippen LogP contribution in [0.5, 0.6) is 0 Å². The Balaban J connectivity index is 2.10. The highest BCUT2D eigenvalue weighted by molar-refractivity contribution is 5.59. The number of aliphatic hydroxyl groups excluding tert-OH is 1. The molecule has 1 aliphatic carbocycles. The lowest BCUT2D eigenvalue weighted by Gasteiger charge is -2.08. The van der Waals surface area contributed by atoms with Gasteiger partial charge in [0, 0.05) is 5.11 Å². The van der Waals surface area contributed by atoms with Gasteiger partial charge in [0.2, 0.25) is 6.04 Å². The fourth-order valence-corrected chi connectivity index (χ4v) is 1.83. The van der Waals surface area contributed by atoms with Crippen molar-refractivity contribution in [3.63, 3.8) is 0 Å². The second kappa shape index (κ2) is 2.94. The lowest BCUT2D eigenvalue weighted by Crippen LogP contribution is -2.29. The molecule has 0 amide bonds. The van der Waals surface area contributed by atoms with Crippen molar-refractivity contribution in [2.75, 3.05) is 0 Å². The van der Waals surface area contributed by atoms with Gasteiger partial charge in [0.15, 0.2) is 0 Å². The summed E-state index contributed by atoms with van der Waals surface area (Å²) >= 11 is 0. The van der Waals surface area contributed by atoms with Gasteiger partial charge in [-0.3, -0.25) is 0 Å². The third-order valence-corrected chi connectivity index (χ3v) is 2.49. The van der Waals surface area contributed by atoms with E-state index in [0.717, 1.165) is 19.3 Å². The highest BCUT2D eigenvalue weighted by Gasteiger charge is 2.34. The molecular weight excluding hydrogens is 154 g/mol. The second-order valence-corrected chi connectivity index (χ2v) is 3.54. The Morgan fingerprint density at radius 3 is 2.83 bits per heavy atom. The molecule has 0 aromatic carbocycles. The largest absolute Gasteiger partial charge is 0.389 e. The van der Waals surface area contributed by atoms with E-state index in [-0.39, 0.29) is 18.2 Å². The molecule has 0 saturated heterocycles. The Hall–Kier alpha value is -0.770. The first-order valence-electron chi connectivity index (χ1n) is 4.49. The molecule has 1 aliphatic heterocycles. The molecule has 1 fully saturated rings. The van der Waals surface area contributed by atoms with Crippen LogP contribution in [0.4, 0.5) is 0 Å². The minimum Gasteiger partial charge on any atom is -0.389 e. The maximum atomic E-state index is 9.57. The van der Waals surface area contributed by atoms with E-state index in [4.69, 9.17) is 0 Å². The average Bonchev–Trinajstić information content (AvgIpc) is 2.58. The maximum Gasteiger partial charge on any atom is 0.219 e. The van der Waals surface area contributed by atoms with Gasteiger partial charge in [-0.1, -0.05) is 0 Å². The van der Waals surface area contributed by atoms with Crippen LogP contribution in [0, 0.1) is 0 Å². The monoisotopic (exact) mass is 168 g/mol. The van der Waals surface area contributed by atoms with Crippen LogP contribution in [0.25, 0.3) is 0 Å². The summed E-state index contributed by atoms with van der Waals surface area (Å²) in [6.07, 6.45) is 4.78. The third-order valence-electron chi connectivity index (χ3n) is 2.49. The summed E-state index contributed by atoms with van der Waals surface area (Å²) in [7, 11) is 0. The van der Waals surface area contributed by atoms with Crippen molar-refractivity contribution < 1.29 is 9.79 Å². The van der Waals surface area contributed by atoms with Crippen LogP contribution in [-0.2, 0) is 0 Å². The molecular formula is C8H14N3O+. The molecule has 2 aliphatic rings. The summed E-state index contributed by atoms with van der Waals surface area (Å²) in [6, 6.07) is 0.358. The SMILES string of the molecule is C[C@@H]1C=[N+](C2CCCC2O)N=N1. The molecule has 3 atom stereocenters. The Kier molecular flexibility index (Phi) is 1.92. The van der Waals surface area contributed by atoms with Gasteiger partial charge < -0.3 is 5.11 Å². The molecule has 12 heavy (non-hydrogen) atoms. The predicted octanol–water partition coefficient (Wildman–Crippen LogP) is 0.752. The normalized spacial score (nSPS) is 40.5. The minimum absolute atomic E-state index is 0.179. The maximum absolute atomic E-state index is 9.57. The van der Waals surface area contributed by atoms with Crippen molar-refractivity contribution in [1.82, 2.24) is 0 Å². The van der Waals surface area contributed by atoms with Gasteiger partial charge in [0.25, 0.3) is 0 Å². The Bertz CT molecular complexity index is 236. The molecule has 66 valence electrons. The zero-order valence-corrected chi connectivity index (χ0v) is 7.22. The third kappa shape index (κ3) is 1.27. The van der Waals surface area contributed by atoms with E-state index in [1.54, 1.807) is 0 Å². The molecule has 1 heterocycles. The summed E-state index contributed by atoms with van der Waals surface area (Å²) in [6.45, 7) is 1.99. The fourth-order valence-electron chi connectivity index (χ4n) is 1.83. The van der Waals surface area contributed by atoms with Gasteiger partial charge in [0.1, 0.15) is 17.5 Å². The van der Waals surface area contributed by atoms with E-state index in [9.17, 15) is 5.11 Å². The van der Waals surface area contributed by atoms with Crippen molar-refractivity contribution >= 4 is 6.21 Å². The summed E-state index contributed by atoms with van der Waals surface area (Å²) in [4.78, 5) is 0. The van der Waals surface area contributed by atoms with Crippen LogP contribution in [0.3, 0.4) is 0 Å². The number of hydrogen-bond donors (Lipinski definition) is 1. The Morgan fingerprint density at radius 1 is 1.50 bits per heavy atom. The Morgan fingerprint density at radius 2 is 2.33 bits per heavy atom. The molecule has 4 nitrogen and oxygen atoms in total. The van der Waals surface area contributed by atoms with Crippen molar-refractivity contribution in [1.29, 1.82) is 0 Å². The molecule has 1 N–H and O–H groups in total. The van der Waals surface area contributed by atoms with Gasteiger partial charge in [0.05, 0.1) is 6.10 Å². The van der Waals surface area contributed by atoms with E-state index >= 15 is 0 Å². The first-order valence-corrected chi connectivity index (χ1v) is 4.49. The van der Waals surface area contributed by atoms with E-state index in [1.165, 1.54) is 0 Å². The summed E-state index contributed by atoms with van der Waals surface area (Å²) in [5, 5.41) is 17.5. The standard InChI is InChI=1S/C8H14N3O/c1-6-5-11(10-9-6)7-3-2-4-8(7)12/h5-8,12H,2-4H2,1H3/q+1/t6-,7?,8?/m1/s1. The van der Waals surface area contributed by atoms with Crippen LogP contribution < -0.4 is 0 Å². The van der Waals surface area contributed by atoms with Crippen molar-refractivity contribution in [2.45, 2.75) is 44.4 Å². The molecule has 0 bridgehead atoms. The highest BCUT2D eigenvalue weighted by atomic mass is 16.3. The predicted molar refractivity (Wildman–Crippen MR) is 44.3 cm³/mol. The van der Waals surface area contributed by atoms with E-state index in [1.807, 2.05) is 17.8 Å². The van der Waals surface area contributed by atoms with Crippen molar-refractivity contribution in [2.24, 2.45) is 10.3 Å². The molecule has 2 rings (SSSR count). The highest BCUT2D eigenvalue weighted by Crippen LogP contribution is 2.23. The van der Waals surface area contributed by atoms with Gasteiger partial charge in [-0.2, -0.15) is 0 Å². The van der Waals surface area contributed by atoms with E-state index < -0.39 is 0 Å². The van der Waals surface area contributed by atoms with Crippen LogP contribution in [0.15, 0.2) is 10.3 Å². The number of aliphatic hydroxyl groups is 1. The smallest absolute Gasteiger partial charge is 0.219 e. The number of rotatable bonds is 1. The van der Waals surface area contributed by atoms with Gasteiger partial charge in [-0.15, -0.1) is 4.68 Å². The van der Waals surface area contributed by atoms with E-state index in [2.05, 4.69) is 10.3 Å². The quantitative estimate of drug-likeness (QED) is 0.577. The lowest BCUT2D eigenvalue weighted by molar-refractivity contribution is -0.577. The van der Waals surface area contributed by atoms with Gasteiger partial charge >= 0.3 is 0 Å². The zero-order chi connectivity index (χ0) is 8.55. The molecule has 0 aromatic heterocycles. The lowest BCUT2D eigenvalue weighted by atomic mass is 10.2. The van der Waals surface area contributed by atoms with Crippen LogP contribution in [0.2, 0.25) is 0 Å². The summed E-state index contributed by atoms with van der Waals surface area (Å²) in [5.41, 5.74) is 0. The van der Waals surface area contributed by atoms with Crippen LogP contribution in [0.1, 0.15) is 26.2 Å². The summed E-state index contributed by atoms with van der Waals surface area (Å²) in [5.74, 6) is 0. The first kappa shape index (κ1) is 7.86. The molecule has 0 radical (unpaired) electrons. The molecule has 1 saturated carbocycles. The zero-order valence-electron chi connectivity index (χ0n) is 7.22. The second-order valence-electron chi connectivity index (χ2n) is 3.54. The van der Waals surface area contributed by atoms with E-state index in [0.29, 0.717) is 0 Å². The molecule has 0 spiro atoms.